The monoisotopic (exact) mass is 472 g/mol. The summed E-state index contributed by atoms with van der Waals surface area (Å²) in [5, 5.41) is 0. The number of benzene rings is 1. The molecule has 2 heteroatoms. The number of hydrogen-bond donors (Lipinski definition) is 0. The van der Waals surface area contributed by atoms with Crippen LogP contribution in [0.15, 0.2) is 18.2 Å². The van der Waals surface area contributed by atoms with Crippen molar-refractivity contribution in [2.45, 2.75) is 162 Å². The third kappa shape index (κ3) is 13.0. The highest BCUT2D eigenvalue weighted by molar-refractivity contribution is 5.73. The van der Waals surface area contributed by atoms with Crippen molar-refractivity contribution in [3.05, 3.63) is 29.3 Å². The molecule has 196 valence electrons. The topological polar surface area (TPSA) is 26.3 Å². The molecule has 0 saturated carbocycles. The molecule has 2 nitrogen and oxygen atoms in total. The third-order valence-electron chi connectivity index (χ3n) is 6.83. The van der Waals surface area contributed by atoms with Crippen molar-refractivity contribution in [2.24, 2.45) is 0 Å². The van der Waals surface area contributed by atoms with Gasteiger partial charge in [-0.05, 0) is 17.3 Å². The Morgan fingerprint density at radius 1 is 0.618 bits per heavy atom. The fourth-order valence-corrected chi connectivity index (χ4v) is 4.63. The number of unbranched alkanes of at least 4 members (excludes halogenated alkanes) is 14. The molecule has 0 spiro atoms. The summed E-state index contributed by atoms with van der Waals surface area (Å²) < 4.78 is 6.01. The lowest BCUT2D eigenvalue weighted by Gasteiger charge is -2.28. The van der Waals surface area contributed by atoms with Crippen molar-refractivity contribution >= 4 is 5.97 Å². The van der Waals surface area contributed by atoms with E-state index in [1.165, 1.54) is 83.5 Å². The first-order valence-corrected chi connectivity index (χ1v) is 14.4. The van der Waals surface area contributed by atoms with Gasteiger partial charge in [0.15, 0.2) is 0 Å². The molecule has 0 aliphatic carbocycles. The highest BCUT2D eigenvalue weighted by Crippen LogP contribution is 2.39. The van der Waals surface area contributed by atoms with Gasteiger partial charge in [-0.2, -0.15) is 0 Å². The SMILES string of the molecule is CCCCCCCCCCCCCCCCCC(=O)Oc1c(C(C)(C)C)cccc1C(C)(C)C. The van der Waals surface area contributed by atoms with Gasteiger partial charge in [-0.25, -0.2) is 0 Å². The van der Waals surface area contributed by atoms with E-state index in [1.54, 1.807) is 0 Å². The van der Waals surface area contributed by atoms with Gasteiger partial charge >= 0.3 is 5.97 Å². The van der Waals surface area contributed by atoms with E-state index >= 15 is 0 Å². The maximum Gasteiger partial charge on any atom is 0.311 e. The lowest BCUT2D eigenvalue weighted by atomic mass is 9.79. The van der Waals surface area contributed by atoms with Crippen LogP contribution < -0.4 is 4.74 Å². The molecule has 0 N–H and O–H groups in total. The quantitative estimate of drug-likeness (QED) is 0.128. The first-order chi connectivity index (χ1) is 16.1. The Bertz CT molecular complexity index is 643. The van der Waals surface area contributed by atoms with Gasteiger partial charge < -0.3 is 4.74 Å². The van der Waals surface area contributed by atoms with Gasteiger partial charge in [-0.1, -0.05) is 157 Å². The van der Waals surface area contributed by atoms with E-state index in [0.29, 0.717) is 6.42 Å². The van der Waals surface area contributed by atoms with Gasteiger partial charge in [0.25, 0.3) is 0 Å². The number of rotatable bonds is 17. The van der Waals surface area contributed by atoms with Gasteiger partial charge in [0.05, 0.1) is 0 Å². The van der Waals surface area contributed by atoms with Crippen LogP contribution in [0.25, 0.3) is 0 Å². The number of para-hydroxylation sites is 1. The lowest BCUT2D eigenvalue weighted by Crippen LogP contribution is -2.21. The van der Waals surface area contributed by atoms with Crippen molar-refractivity contribution in [1.29, 1.82) is 0 Å². The predicted octanol–water partition coefficient (Wildman–Crippen LogP) is 10.4. The molecule has 1 rings (SSSR count). The fraction of sp³-hybridized carbons (Fsp3) is 0.781. The summed E-state index contributed by atoms with van der Waals surface area (Å²) in [6, 6.07) is 6.30. The third-order valence-corrected chi connectivity index (χ3v) is 6.83. The van der Waals surface area contributed by atoms with Crippen LogP contribution in [0.3, 0.4) is 0 Å². The largest absolute Gasteiger partial charge is 0.426 e. The minimum absolute atomic E-state index is 0.0640. The van der Waals surface area contributed by atoms with E-state index in [1.807, 2.05) is 0 Å². The molecule has 0 amide bonds. The van der Waals surface area contributed by atoms with Crippen LogP contribution in [0.1, 0.15) is 162 Å². The number of esters is 1. The Hall–Kier alpha value is -1.31. The van der Waals surface area contributed by atoms with Crippen LogP contribution in [-0.2, 0) is 15.6 Å². The maximum atomic E-state index is 12.7. The van der Waals surface area contributed by atoms with Crippen molar-refractivity contribution in [3.63, 3.8) is 0 Å². The molecule has 0 aromatic heterocycles. The van der Waals surface area contributed by atoms with E-state index in [-0.39, 0.29) is 16.8 Å². The van der Waals surface area contributed by atoms with Crippen LogP contribution in [0.4, 0.5) is 0 Å². The Labute approximate surface area is 212 Å². The number of ether oxygens (including phenoxy) is 1. The van der Waals surface area contributed by atoms with Crippen molar-refractivity contribution in [3.8, 4) is 5.75 Å². The molecule has 1 aromatic rings. The Balaban J connectivity index is 2.22. The normalized spacial score (nSPS) is 12.2. The molecule has 0 heterocycles. The number of carbonyl (C=O) groups excluding carboxylic acids is 1. The zero-order valence-corrected chi connectivity index (χ0v) is 23.9. The summed E-state index contributed by atoms with van der Waals surface area (Å²) in [7, 11) is 0. The van der Waals surface area contributed by atoms with Gasteiger partial charge in [0.2, 0.25) is 0 Å². The molecule has 0 fully saturated rings. The molecule has 0 bridgehead atoms. The van der Waals surface area contributed by atoms with E-state index in [4.69, 9.17) is 4.74 Å². The zero-order chi connectivity index (χ0) is 25.5. The average molecular weight is 473 g/mol. The summed E-state index contributed by atoms with van der Waals surface area (Å²) >= 11 is 0. The van der Waals surface area contributed by atoms with E-state index in [0.717, 1.165) is 29.7 Å². The standard InChI is InChI=1S/C32H56O2/c1-8-9-10-11-12-13-14-15-16-17-18-19-20-21-22-26-29(33)34-30-27(31(2,3)4)24-23-25-28(30)32(5,6)7/h23-25H,8-22,26H2,1-7H3. The summed E-state index contributed by atoms with van der Waals surface area (Å²) in [6.07, 6.45) is 20.5. The van der Waals surface area contributed by atoms with Crippen LogP contribution in [0.5, 0.6) is 5.75 Å². The molecule has 0 atom stereocenters. The lowest BCUT2D eigenvalue weighted by molar-refractivity contribution is -0.134. The average Bonchev–Trinajstić information content (AvgIpc) is 2.75. The maximum absolute atomic E-state index is 12.7. The summed E-state index contributed by atoms with van der Waals surface area (Å²) in [5.74, 6) is 0.699. The number of hydrogen-bond acceptors (Lipinski definition) is 2. The van der Waals surface area contributed by atoms with Crippen LogP contribution >= 0.6 is 0 Å². The fourth-order valence-electron chi connectivity index (χ4n) is 4.63. The predicted molar refractivity (Wildman–Crippen MR) is 149 cm³/mol. The molecule has 0 aliphatic rings. The zero-order valence-electron chi connectivity index (χ0n) is 23.9. The highest BCUT2D eigenvalue weighted by Gasteiger charge is 2.27. The number of carbonyl (C=O) groups is 1. The van der Waals surface area contributed by atoms with Crippen molar-refractivity contribution in [1.82, 2.24) is 0 Å². The second-order valence-electron chi connectivity index (χ2n) is 12.4. The van der Waals surface area contributed by atoms with E-state index in [9.17, 15) is 4.79 Å². The molecule has 34 heavy (non-hydrogen) atoms. The minimum Gasteiger partial charge on any atom is -0.426 e. The molecule has 1 aromatic carbocycles. The Morgan fingerprint density at radius 3 is 1.32 bits per heavy atom. The molecule has 0 unspecified atom stereocenters. The minimum atomic E-state index is -0.0862. The molecular weight excluding hydrogens is 416 g/mol. The second kappa shape index (κ2) is 16.4. The van der Waals surface area contributed by atoms with E-state index < -0.39 is 0 Å². The van der Waals surface area contributed by atoms with E-state index in [2.05, 4.69) is 66.7 Å². The van der Waals surface area contributed by atoms with Gasteiger partial charge in [-0.15, -0.1) is 0 Å². The summed E-state index contributed by atoms with van der Waals surface area (Å²) in [6.45, 7) is 15.4. The van der Waals surface area contributed by atoms with Gasteiger partial charge in [0.1, 0.15) is 5.75 Å². The molecule has 0 radical (unpaired) electrons. The van der Waals surface area contributed by atoms with Crippen LogP contribution in [0, 0.1) is 0 Å². The second-order valence-corrected chi connectivity index (χ2v) is 12.4. The van der Waals surface area contributed by atoms with Crippen LogP contribution in [-0.4, -0.2) is 5.97 Å². The first-order valence-electron chi connectivity index (χ1n) is 14.4. The smallest absolute Gasteiger partial charge is 0.311 e. The molecule has 0 aliphatic heterocycles. The highest BCUT2D eigenvalue weighted by atomic mass is 16.5. The van der Waals surface area contributed by atoms with Crippen molar-refractivity contribution in [2.75, 3.05) is 0 Å². The van der Waals surface area contributed by atoms with Crippen molar-refractivity contribution < 1.29 is 9.53 Å². The Morgan fingerprint density at radius 2 is 0.971 bits per heavy atom. The van der Waals surface area contributed by atoms with Gasteiger partial charge in [0, 0.05) is 17.5 Å². The molecular formula is C32H56O2. The summed E-state index contributed by atoms with van der Waals surface area (Å²) in [5.41, 5.74) is 2.10. The van der Waals surface area contributed by atoms with Crippen LogP contribution in [0.2, 0.25) is 0 Å². The Kier molecular flexibility index (Phi) is 14.8. The first kappa shape index (κ1) is 30.7. The summed E-state index contributed by atoms with van der Waals surface area (Å²) in [4.78, 5) is 12.7. The van der Waals surface area contributed by atoms with Gasteiger partial charge in [-0.3, -0.25) is 4.79 Å². The molecule has 0 saturated heterocycles.